The maximum absolute atomic E-state index is 13.8. The van der Waals surface area contributed by atoms with Crippen LogP contribution in [0, 0.1) is 13.8 Å². The van der Waals surface area contributed by atoms with E-state index in [0.717, 1.165) is 48.6 Å². The molecule has 1 aromatic heterocycles. The van der Waals surface area contributed by atoms with Crippen molar-refractivity contribution in [1.82, 2.24) is 14.4 Å². The molecular formula is C27H33N3O3. The number of piperazine rings is 1. The Morgan fingerprint density at radius 1 is 0.939 bits per heavy atom. The lowest BCUT2D eigenvalue weighted by atomic mass is 9.95. The number of aromatic nitrogens is 1. The van der Waals surface area contributed by atoms with Crippen LogP contribution in [0.4, 0.5) is 0 Å². The smallest absolute Gasteiger partial charge is 0.259 e. The van der Waals surface area contributed by atoms with Gasteiger partial charge in [0.05, 0.1) is 24.8 Å². The molecule has 6 nitrogen and oxygen atoms in total. The van der Waals surface area contributed by atoms with Crippen LogP contribution in [-0.2, 0) is 6.54 Å². The summed E-state index contributed by atoms with van der Waals surface area (Å²) in [4.78, 5) is 18.3. The zero-order valence-electron chi connectivity index (χ0n) is 19.4. The molecule has 0 spiro atoms. The number of hydrogen-bond acceptors (Lipinski definition) is 5. The fraction of sp³-hybridized carbons (Fsp3) is 0.370. The standard InChI is InChI=1S/C27H33N3O3/c1-20-8-10-23(11-9-20)26(29-14-12-28(13-15-29)16-17-31)25-24(32)18-21(2)30(27(25)33)19-22-6-4-3-5-7-22/h3-11,18,26,31-32H,12-17,19H2,1-2H3. The zero-order chi connectivity index (χ0) is 23.4. The van der Waals surface area contributed by atoms with Gasteiger partial charge in [0.25, 0.3) is 5.56 Å². The van der Waals surface area contributed by atoms with Crippen LogP contribution in [0.2, 0.25) is 0 Å². The van der Waals surface area contributed by atoms with Crippen LogP contribution in [-0.4, -0.2) is 63.9 Å². The maximum atomic E-state index is 13.8. The number of pyridine rings is 1. The maximum Gasteiger partial charge on any atom is 0.259 e. The fourth-order valence-electron chi connectivity index (χ4n) is 4.68. The van der Waals surface area contributed by atoms with Crippen molar-refractivity contribution in [2.45, 2.75) is 26.4 Å². The molecule has 1 unspecified atom stereocenters. The van der Waals surface area contributed by atoms with E-state index in [2.05, 4.69) is 34.1 Å². The van der Waals surface area contributed by atoms with Gasteiger partial charge in [0.1, 0.15) is 5.75 Å². The van der Waals surface area contributed by atoms with Gasteiger partial charge in [0.2, 0.25) is 0 Å². The highest BCUT2D eigenvalue weighted by Crippen LogP contribution is 2.33. The number of aromatic hydroxyl groups is 1. The van der Waals surface area contributed by atoms with Crippen molar-refractivity contribution in [2.75, 3.05) is 39.3 Å². The zero-order valence-corrected chi connectivity index (χ0v) is 19.4. The topological polar surface area (TPSA) is 68.9 Å². The molecule has 2 N–H and O–H groups in total. The summed E-state index contributed by atoms with van der Waals surface area (Å²) in [6, 6.07) is 19.5. The van der Waals surface area contributed by atoms with Crippen molar-refractivity contribution in [2.24, 2.45) is 0 Å². The van der Waals surface area contributed by atoms with Gasteiger partial charge in [0, 0.05) is 38.4 Å². The van der Waals surface area contributed by atoms with E-state index in [1.807, 2.05) is 44.2 Å². The van der Waals surface area contributed by atoms with Crippen molar-refractivity contribution in [3.05, 3.63) is 99.0 Å². The summed E-state index contributed by atoms with van der Waals surface area (Å²) in [7, 11) is 0. The number of β-amino-alcohol motifs (C(OH)–C–C–N with tert-alkyl or cyclic N) is 1. The largest absolute Gasteiger partial charge is 0.507 e. The Morgan fingerprint density at radius 2 is 1.61 bits per heavy atom. The molecule has 1 saturated heterocycles. The molecule has 0 saturated carbocycles. The molecular weight excluding hydrogens is 414 g/mol. The third kappa shape index (κ3) is 5.19. The quantitative estimate of drug-likeness (QED) is 0.583. The summed E-state index contributed by atoms with van der Waals surface area (Å²) < 4.78 is 1.76. The van der Waals surface area contributed by atoms with Crippen molar-refractivity contribution in [1.29, 1.82) is 0 Å². The molecule has 174 valence electrons. The Hall–Kier alpha value is -2.93. The van der Waals surface area contributed by atoms with E-state index in [9.17, 15) is 15.0 Å². The highest BCUT2D eigenvalue weighted by molar-refractivity contribution is 5.42. The van der Waals surface area contributed by atoms with Crippen molar-refractivity contribution in [3.63, 3.8) is 0 Å². The molecule has 1 fully saturated rings. The van der Waals surface area contributed by atoms with Gasteiger partial charge in [-0.2, -0.15) is 0 Å². The fourth-order valence-corrected chi connectivity index (χ4v) is 4.68. The van der Waals surface area contributed by atoms with Crippen LogP contribution >= 0.6 is 0 Å². The van der Waals surface area contributed by atoms with E-state index in [1.54, 1.807) is 10.6 Å². The Labute approximate surface area is 195 Å². The number of aliphatic hydroxyl groups excluding tert-OH is 1. The number of benzene rings is 2. The van der Waals surface area contributed by atoms with Gasteiger partial charge >= 0.3 is 0 Å². The molecule has 33 heavy (non-hydrogen) atoms. The van der Waals surface area contributed by atoms with Crippen LogP contribution in [0.25, 0.3) is 0 Å². The van der Waals surface area contributed by atoms with Gasteiger partial charge in [-0.3, -0.25) is 14.6 Å². The third-order valence-corrected chi connectivity index (χ3v) is 6.56. The Balaban J connectivity index is 1.77. The lowest BCUT2D eigenvalue weighted by Gasteiger charge is -2.39. The minimum atomic E-state index is -0.336. The SMILES string of the molecule is Cc1ccc(C(c2c(O)cc(C)n(Cc3ccccc3)c2=O)N2CCN(CCO)CC2)cc1. The molecule has 1 aliphatic heterocycles. The molecule has 0 amide bonds. The minimum Gasteiger partial charge on any atom is -0.507 e. The highest BCUT2D eigenvalue weighted by Gasteiger charge is 2.31. The molecule has 2 aromatic carbocycles. The van der Waals surface area contributed by atoms with E-state index in [4.69, 9.17) is 0 Å². The Morgan fingerprint density at radius 3 is 2.24 bits per heavy atom. The summed E-state index contributed by atoms with van der Waals surface area (Å²) in [6.45, 7) is 8.30. The van der Waals surface area contributed by atoms with Gasteiger partial charge in [0.15, 0.2) is 0 Å². The van der Waals surface area contributed by atoms with Gasteiger partial charge < -0.3 is 14.8 Å². The van der Waals surface area contributed by atoms with Gasteiger partial charge in [-0.15, -0.1) is 0 Å². The van der Waals surface area contributed by atoms with Gasteiger partial charge in [-0.05, 0) is 31.0 Å². The number of aryl methyl sites for hydroxylation is 2. The second kappa shape index (κ2) is 10.3. The molecule has 0 radical (unpaired) electrons. The predicted molar refractivity (Wildman–Crippen MR) is 131 cm³/mol. The number of rotatable bonds is 7. The first-order valence-corrected chi connectivity index (χ1v) is 11.6. The van der Waals surface area contributed by atoms with Crippen molar-refractivity contribution < 1.29 is 10.2 Å². The monoisotopic (exact) mass is 447 g/mol. The molecule has 2 heterocycles. The molecule has 3 aromatic rings. The number of nitrogens with zero attached hydrogens (tertiary/aromatic N) is 3. The van der Waals surface area contributed by atoms with Crippen LogP contribution in [0.5, 0.6) is 5.75 Å². The van der Waals surface area contributed by atoms with Gasteiger partial charge in [-0.1, -0.05) is 60.2 Å². The van der Waals surface area contributed by atoms with E-state index in [1.165, 1.54) is 0 Å². The lowest BCUT2D eigenvalue weighted by Crippen LogP contribution is -2.49. The number of aliphatic hydroxyl groups is 1. The van der Waals surface area contributed by atoms with Crippen LogP contribution < -0.4 is 5.56 Å². The minimum absolute atomic E-state index is 0.0465. The van der Waals surface area contributed by atoms with Crippen molar-refractivity contribution in [3.8, 4) is 5.75 Å². The van der Waals surface area contributed by atoms with Crippen molar-refractivity contribution >= 4 is 0 Å². The summed E-state index contributed by atoms with van der Waals surface area (Å²) in [6.07, 6.45) is 0. The lowest BCUT2D eigenvalue weighted by molar-refractivity contribution is 0.0932. The normalized spacial score (nSPS) is 16.1. The average Bonchev–Trinajstić information content (AvgIpc) is 2.82. The van der Waals surface area contributed by atoms with Crippen LogP contribution in [0.1, 0.15) is 34.0 Å². The molecule has 0 aliphatic carbocycles. The predicted octanol–water partition coefficient (Wildman–Crippen LogP) is 2.92. The second-order valence-corrected chi connectivity index (χ2v) is 8.88. The first kappa shape index (κ1) is 23.2. The summed E-state index contributed by atoms with van der Waals surface area (Å²) >= 11 is 0. The van der Waals surface area contributed by atoms with E-state index in [-0.39, 0.29) is 24.0 Å². The Bertz CT molecular complexity index is 1120. The van der Waals surface area contributed by atoms with Crippen LogP contribution in [0.15, 0.2) is 65.5 Å². The summed E-state index contributed by atoms with van der Waals surface area (Å²) in [5.41, 5.74) is 4.21. The molecule has 0 bridgehead atoms. The molecule has 1 aliphatic rings. The third-order valence-electron chi connectivity index (χ3n) is 6.56. The second-order valence-electron chi connectivity index (χ2n) is 8.88. The highest BCUT2D eigenvalue weighted by atomic mass is 16.3. The van der Waals surface area contributed by atoms with E-state index in [0.29, 0.717) is 18.7 Å². The van der Waals surface area contributed by atoms with E-state index >= 15 is 0 Å². The molecule has 4 rings (SSSR count). The average molecular weight is 448 g/mol. The van der Waals surface area contributed by atoms with Crippen LogP contribution in [0.3, 0.4) is 0 Å². The van der Waals surface area contributed by atoms with Gasteiger partial charge in [-0.25, -0.2) is 0 Å². The molecule has 6 heteroatoms. The first-order chi connectivity index (χ1) is 16.0. The molecule has 1 atom stereocenters. The van der Waals surface area contributed by atoms with E-state index < -0.39 is 0 Å². The number of hydrogen-bond donors (Lipinski definition) is 2. The Kier molecular flexibility index (Phi) is 7.28. The first-order valence-electron chi connectivity index (χ1n) is 11.6. The summed E-state index contributed by atoms with van der Waals surface area (Å²) in [5, 5.41) is 20.3. The summed E-state index contributed by atoms with van der Waals surface area (Å²) in [5.74, 6) is 0.0465.